The second-order valence-electron chi connectivity index (χ2n) is 3.68. The number of carboxylic acid groups (broad SMARTS) is 1. The molecular formula is C12H13ClN2O3S. The highest BCUT2D eigenvalue weighted by molar-refractivity contribution is 7.80. The summed E-state index contributed by atoms with van der Waals surface area (Å²) in [7, 11) is 0. The Morgan fingerprint density at radius 1 is 1.26 bits per heavy atom. The Labute approximate surface area is 121 Å². The maximum atomic E-state index is 11.4. The summed E-state index contributed by atoms with van der Waals surface area (Å²) in [5.74, 6) is -0.784. The molecule has 0 fully saturated rings. The smallest absolute Gasteiger partial charge is 0.335 e. The Morgan fingerprint density at radius 3 is 2.42 bits per heavy atom. The fraction of sp³-hybridized carbons (Fsp3) is 0.250. The molecule has 0 radical (unpaired) electrons. The number of aromatic carboxylic acids is 1. The number of anilines is 1. The van der Waals surface area contributed by atoms with Crippen LogP contribution in [0.3, 0.4) is 0 Å². The van der Waals surface area contributed by atoms with Crippen LogP contribution in [0.2, 0.25) is 0 Å². The van der Waals surface area contributed by atoms with Crippen molar-refractivity contribution in [1.29, 1.82) is 0 Å². The standard InChI is InChI=1S/C12H13ClN2O3S/c13-7-1-2-10(16)15-12(19)14-9-5-3-8(4-6-9)11(17)18/h3-6H,1-2,7H2,(H,17,18)(H2,14,15,16,19). The summed E-state index contributed by atoms with van der Waals surface area (Å²) in [4.78, 5) is 22.0. The fourth-order valence-corrected chi connectivity index (χ4v) is 1.64. The molecule has 19 heavy (non-hydrogen) atoms. The van der Waals surface area contributed by atoms with Gasteiger partial charge < -0.3 is 15.7 Å². The molecule has 102 valence electrons. The van der Waals surface area contributed by atoms with Crippen molar-refractivity contribution in [3.8, 4) is 0 Å². The van der Waals surface area contributed by atoms with Gasteiger partial charge in [0.25, 0.3) is 0 Å². The van der Waals surface area contributed by atoms with Crippen LogP contribution in [0.5, 0.6) is 0 Å². The van der Waals surface area contributed by atoms with Crippen LogP contribution >= 0.6 is 23.8 Å². The average molecular weight is 301 g/mol. The number of benzene rings is 1. The molecule has 1 aromatic rings. The maximum Gasteiger partial charge on any atom is 0.335 e. The summed E-state index contributed by atoms with van der Waals surface area (Å²) in [5.41, 5.74) is 0.787. The number of carbonyl (C=O) groups excluding carboxylic acids is 1. The number of halogens is 1. The summed E-state index contributed by atoms with van der Waals surface area (Å²) >= 11 is 10.4. The van der Waals surface area contributed by atoms with E-state index in [-0.39, 0.29) is 16.6 Å². The van der Waals surface area contributed by atoms with Gasteiger partial charge in [0.2, 0.25) is 5.91 Å². The molecule has 1 rings (SSSR count). The van der Waals surface area contributed by atoms with Gasteiger partial charge in [-0.15, -0.1) is 11.6 Å². The van der Waals surface area contributed by atoms with E-state index in [0.717, 1.165) is 0 Å². The van der Waals surface area contributed by atoms with E-state index in [9.17, 15) is 9.59 Å². The Morgan fingerprint density at radius 2 is 1.89 bits per heavy atom. The van der Waals surface area contributed by atoms with Crippen molar-refractivity contribution in [2.45, 2.75) is 12.8 Å². The molecule has 0 aromatic heterocycles. The predicted molar refractivity (Wildman–Crippen MR) is 77.7 cm³/mol. The third-order valence-corrected chi connectivity index (χ3v) is 2.65. The summed E-state index contributed by atoms with van der Waals surface area (Å²) in [5, 5.41) is 14.2. The molecule has 0 unspecified atom stereocenters. The van der Waals surface area contributed by atoms with E-state index in [2.05, 4.69) is 10.6 Å². The first-order chi connectivity index (χ1) is 9.02. The van der Waals surface area contributed by atoms with Gasteiger partial charge in [-0.1, -0.05) is 0 Å². The van der Waals surface area contributed by atoms with Crippen LogP contribution < -0.4 is 10.6 Å². The number of hydrogen-bond donors (Lipinski definition) is 3. The quantitative estimate of drug-likeness (QED) is 0.574. The number of thiocarbonyl (C=S) groups is 1. The molecule has 0 aliphatic heterocycles. The molecule has 5 nitrogen and oxygen atoms in total. The minimum Gasteiger partial charge on any atom is -0.478 e. The predicted octanol–water partition coefficient (Wildman–Crippen LogP) is 2.22. The van der Waals surface area contributed by atoms with Crippen molar-refractivity contribution in [3.05, 3.63) is 29.8 Å². The van der Waals surface area contributed by atoms with Gasteiger partial charge in [-0.2, -0.15) is 0 Å². The van der Waals surface area contributed by atoms with Gasteiger partial charge in [-0.25, -0.2) is 4.79 Å². The molecule has 0 saturated heterocycles. The zero-order chi connectivity index (χ0) is 14.3. The van der Waals surface area contributed by atoms with Crippen molar-refractivity contribution in [1.82, 2.24) is 5.32 Å². The first-order valence-electron chi connectivity index (χ1n) is 5.53. The molecule has 7 heteroatoms. The first-order valence-corrected chi connectivity index (χ1v) is 6.47. The number of carbonyl (C=O) groups is 2. The highest BCUT2D eigenvalue weighted by atomic mass is 35.5. The second kappa shape index (κ2) is 7.70. The summed E-state index contributed by atoms with van der Waals surface area (Å²) < 4.78 is 0. The van der Waals surface area contributed by atoms with Crippen molar-refractivity contribution in [2.24, 2.45) is 0 Å². The lowest BCUT2D eigenvalue weighted by atomic mass is 10.2. The maximum absolute atomic E-state index is 11.4. The number of nitrogens with one attached hydrogen (secondary N) is 2. The van der Waals surface area contributed by atoms with E-state index in [1.165, 1.54) is 12.1 Å². The van der Waals surface area contributed by atoms with Gasteiger partial charge in [-0.05, 0) is 42.9 Å². The molecular weight excluding hydrogens is 288 g/mol. The Bertz CT molecular complexity index is 476. The van der Waals surface area contributed by atoms with Crippen molar-refractivity contribution >= 4 is 46.5 Å². The molecule has 1 amide bonds. The minimum atomic E-state index is -0.997. The van der Waals surface area contributed by atoms with E-state index in [1.807, 2.05) is 0 Å². The van der Waals surface area contributed by atoms with E-state index in [1.54, 1.807) is 12.1 Å². The summed E-state index contributed by atoms with van der Waals surface area (Å²) in [6.45, 7) is 0. The average Bonchev–Trinajstić information content (AvgIpc) is 2.36. The van der Waals surface area contributed by atoms with Crippen LogP contribution in [-0.4, -0.2) is 28.0 Å². The second-order valence-corrected chi connectivity index (χ2v) is 4.46. The monoisotopic (exact) mass is 300 g/mol. The minimum absolute atomic E-state index is 0.169. The zero-order valence-electron chi connectivity index (χ0n) is 9.98. The van der Waals surface area contributed by atoms with Gasteiger partial charge in [0.15, 0.2) is 5.11 Å². The molecule has 0 spiro atoms. The van der Waals surface area contributed by atoms with E-state index >= 15 is 0 Å². The van der Waals surface area contributed by atoms with Gasteiger partial charge in [0.05, 0.1) is 5.56 Å². The highest BCUT2D eigenvalue weighted by Gasteiger charge is 2.05. The largest absolute Gasteiger partial charge is 0.478 e. The summed E-state index contributed by atoms with van der Waals surface area (Å²) in [6, 6.07) is 6.03. The van der Waals surface area contributed by atoms with Gasteiger partial charge in [0.1, 0.15) is 0 Å². The van der Waals surface area contributed by atoms with E-state index in [4.69, 9.17) is 28.9 Å². The van der Waals surface area contributed by atoms with Crippen molar-refractivity contribution in [2.75, 3.05) is 11.2 Å². The molecule has 0 saturated carbocycles. The molecule has 1 aromatic carbocycles. The van der Waals surface area contributed by atoms with Crippen LogP contribution in [0.15, 0.2) is 24.3 Å². The number of hydrogen-bond acceptors (Lipinski definition) is 3. The third kappa shape index (κ3) is 5.67. The Hall–Kier alpha value is -1.66. The normalized spacial score (nSPS) is 9.74. The summed E-state index contributed by atoms with van der Waals surface area (Å²) in [6.07, 6.45) is 0.895. The van der Waals surface area contributed by atoms with Crippen molar-refractivity contribution < 1.29 is 14.7 Å². The van der Waals surface area contributed by atoms with Crippen LogP contribution in [0.25, 0.3) is 0 Å². The SMILES string of the molecule is O=C(CCCCl)NC(=S)Nc1ccc(C(=O)O)cc1. The third-order valence-electron chi connectivity index (χ3n) is 2.18. The lowest BCUT2D eigenvalue weighted by Gasteiger charge is -2.09. The van der Waals surface area contributed by atoms with Gasteiger partial charge in [-0.3, -0.25) is 4.79 Å². The first kappa shape index (κ1) is 15.4. The molecule has 0 atom stereocenters. The lowest BCUT2D eigenvalue weighted by Crippen LogP contribution is -2.33. The lowest BCUT2D eigenvalue weighted by molar-refractivity contribution is -0.119. The highest BCUT2D eigenvalue weighted by Crippen LogP contribution is 2.09. The van der Waals surface area contributed by atoms with Crippen LogP contribution in [0.1, 0.15) is 23.2 Å². The van der Waals surface area contributed by atoms with E-state index in [0.29, 0.717) is 24.4 Å². The molecule has 0 aliphatic rings. The number of alkyl halides is 1. The van der Waals surface area contributed by atoms with Crippen LogP contribution in [0, 0.1) is 0 Å². The van der Waals surface area contributed by atoms with Crippen LogP contribution in [0.4, 0.5) is 5.69 Å². The molecule has 0 bridgehead atoms. The van der Waals surface area contributed by atoms with Crippen LogP contribution in [-0.2, 0) is 4.79 Å². The molecule has 3 N–H and O–H groups in total. The number of amides is 1. The Kier molecular flexibility index (Phi) is 6.24. The van der Waals surface area contributed by atoms with Crippen molar-refractivity contribution in [3.63, 3.8) is 0 Å². The number of carboxylic acids is 1. The van der Waals surface area contributed by atoms with Gasteiger partial charge >= 0.3 is 5.97 Å². The topological polar surface area (TPSA) is 78.4 Å². The molecule has 0 aliphatic carbocycles. The molecule has 0 heterocycles. The Balaban J connectivity index is 2.48. The van der Waals surface area contributed by atoms with Gasteiger partial charge in [0, 0.05) is 18.0 Å². The van der Waals surface area contributed by atoms with E-state index < -0.39 is 5.97 Å². The fourth-order valence-electron chi connectivity index (χ4n) is 1.27. The zero-order valence-corrected chi connectivity index (χ0v) is 11.6. The number of rotatable bonds is 5.